The van der Waals surface area contributed by atoms with E-state index in [1.807, 2.05) is 55.5 Å². The second-order valence-electron chi connectivity index (χ2n) is 9.39. The third-order valence-corrected chi connectivity index (χ3v) is 6.47. The molecule has 1 aliphatic rings. The molecule has 0 aliphatic carbocycles. The number of nitrogens with one attached hydrogen (secondary N) is 1. The molecule has 2 aromatic carbocycles. The number of nitrogens with zero attached hydrogens (tertiary/aromatic N) is 2. The predicted octanol–water partition coefficient (Wildman–Crippen LogP) is 4.27. The summed E-state index contributed by atoms with van der Waals surface area (Å²) in [4.78, 5) is 30.0. The molecular weight excluding hydrogens is 490 g/mol. The normalized spacial score (nSPS) is 16.8. The van der Waals surface area contributed by atoms with Crippen molar-refractivity contribution in [2.75, 3.05) is 19.7 Å². The molecule has 1 aliphatic heterocycles. The number of carboxylic acids is 1. The standard InChI is InChI=1S/C32H37N3O4/c1-4-27-12-5-6-13-28(27)14-7-8-17-31(36)34-24(2)22-33-25(3)35-19-10-11-26(18-20-35)23-39-30-16-9-15-29(21-30)32(37)38/h4-9,12-16,21-22,26H,2-3,10-11,17-20,23H2,1H3,(H,34,36)(H,37,38)/b8-7+,27-4-,28-14-,33-22-. The highest BCUT2D eigenvalue weighted by Gasteiger charge is 2.18. The van der Waals surface area contributed by atoms with Crippen LogP contribution in [-0.4, -0.2) is 47.8 Å². The van der Waals surface area contributed by atoms with Gasteiger partial charge in [-0.1, -0.05) is 67.8 Å². The fourth-order valence-corrected chi connectivity index (χ4v) is 4.29. The average molecular weight is 528 g/mol. The number of allylic oxidation sites excluding steroid dienone is 2. The number of carbonyl (C=O) groups excluding carboxylic acids is 1. The molecule has 7 heteroatoms. The van der Waals surface area contributed by atoms with E-state index in [1.165, 1.54) is 6.21 Å². The first-order chi connectivity index (χ1) is 18.9. The van der Waals surface area contributed by atoms with Gasteiger partial charge in [0, 0.05) is 19.5 Å². The summed E-state index contributed by atoms with van der Waals surface area (Å²) in [7, 11) is 0. The molecule has 1 unspecified atom stereocenters. The van der Waals surface area contributed by atoms with Crippen molar-refractivity contribution in [2.24, 2.45) is 10.9 Å². The zero-order valence-corrected chi connectivity index (χ0v) is 22.5. The molecule has 1 amide bonds. The zero-order valence-electron chi connectivity index (χ0n) is 22.5. The Labute approximate surface area is 230 Å². The third kappa shape index (κ3) is 9.78. The molecule has 0 spiro atoms. The van der Waals surface area contributed by atoms with Gasteiger partial charge in [0.05, 0.1) is 24.1 Å². The molecule has 3 rings (SSSR count). The molecule has 204 valence electrons. The van der Waals surface area contributed by atoms with Crippen LogP contribution in [0.2, 0.25) is 0 Å². The molecule has 7 nitrogen and oxygen atoms in total. The first kappa shape index (κ1) is 29.2. The highest BCUT2D eigenvalue weighted by Crippen LogP contribution is 2.22. The number of aromatic carboxylic acids is 1. The first-order valence-electron chi connectivity index (χ1n) is 13.2. The van der Waals surface area contributed by atoms with Crippen LogP contribution in [0, 0.1) is 5.92 Å². The van der Waals surface area contributed by atoms with Crippen molar-refractivity contribution < 1.29 is 19.4 Å². The summed E-state index contributed by atoms with van der Waals surface area (Å²) in [6, 6.07) is 14.6. The van der Waals surface area contributed by atoms with E-state index in [-0.39, 0.29) is 17.9 Å². The van der Waals surface area contributed by atoms with Gasteiger partial charge in [-0.25, -0.2) is 9.79 Å². The van der Waals surface area contributed by atoms with Gasteiger partial charge < -0.3 is 20.1 Å². The van der Waals surface area contributed by atoms with Crippen LogP contribution in [0.5, 0.6) is 5.75 Å². The Balaban J connectivity index is 1.41. The predicted molar refractivity (Wildman–Crippen MR) is 157 cm³/mol. The summed E-state index contributed by atoms with van der Waals surface area (Å²) in [5, 5.41) is 14.2. The SMILES string of the molecule is C=C(/C=N\C(=C)N1CCCC(COc2cccc(C(=O)O)c2)CC1)NC(=O)C/C=C/C=c1/cccc/c1=C/C. The van der Waals surface area contributed by atoms with Crippen LogP contribution in [0.15, 0.2) is 90.4 Å². The van der Waals surface area contributed by atoms with Gasteiger partial charge in [-0.3, -0.25) is 4.79 Å². The number of hydrogen-bond donors (Lipinski definition) is 2. The van der Waals surface area contributed by atoms with Crippen LogP contribution in [0.25, 0.3) is 12.2 Å². The maximum Gasteiger partial charge on any atom is 0.335 e. The van der Waals surface area contributed by atoms with E-state index in [4.69, 9.17) is 9.84 Å². The summed E-state index contributed by atoms with van der Waals surface area (Å²) in [6.45, 7) is 12.1. The number of likely N-dealkylation sites (tertiary alicyclic amines) is 1. The smallest absolute Gasteiger partial charge is 0.335 e. The Bertz CT molecular complexity index is 1360. The van der Waals surface area contributed by atoms with Gasteiger partial charge in [-0.05, 0) is 60.7 Å². The van der Waals surface area contributed by atoms with E-state index in [0.717, 1.165) is 42.8 Å². The molecule has 0 radical (unpaired) electrons. The Hall–Kier alpha value is -4.39. The number of aliphatic imine (C=N–C) groups is 1. The number of carbonyl (C=O) groups is 2. The van der Waals surface area contributed by atoms with Crippen LogP contribution in [0.3, 0.4) is 0 Å². The van der Waals surface area contributed by atoms with E-state index in [1.54, 1.807) is 24.3 Å². The molecule has 1 saturated heterocycles. The van der Waals surface area contributed by atoms with E-state index in [9.17, 15) is 9.59 Å². The third-order valence-electron chi connectivity index (χ3n) is 6.47. The molecule has 0 saturated carbocycles. The van der Waals surface area contributed by atoms with Crippen molar-refractivity contribution in [3.8, 4) is 5.75 Å². The van der Waals surface area contributed by atoms with Crippen molar-refractivity contribution in [2.45, 2.75) is 32.6 Å². The lowest BCUT2D eigenvalue weighted by Gasteiger charge is -2.22. The van der Waals surface area contributed by atoms with E-state index in [2.05, 4.69) is 28.4 Å². The van der Waals surface area contributed by atoms with Crippen LogP contribution in [0.4, 0.5) is 0 Å². The monoisotopic (exact) mass is 527 g/mol. The second kappa shape index (κ2) is 15.1. The van der Waals surface area contributed by atoms with Gasteiger partial charge in [0.25, 0.3) is 0 Å². The zero-order chi connectivity index (χ0) is 28.0. The van der Waals surface area contributed by atoms with Gasteiger partial charge in [-0.15, -0.1) is 0 Å². The van der Waals surface area contributed by atoms with Gasteiger partial charge in [0.1, 0.15) is 11.6 Å². The maximum atomic E-state index is 12.3. The minimum atomic E-state index is -0.967. The Morgan fingerprint density at radius 2 is 1.92 bits per heavy atom. The lowest BCUT2D eigenvalue weighted by atomic mass is 10.0. The minimum absolute atomic E-state index is 0.163. The minimum Gasteiger partial charge on any atom is -0.493 e. The van der Waals surface area contributed by atoms with Crippen LogP contribution in [0.1, 0.15) is 43.0 Å². The fraction of sp³-hybridized carbons (Fsp3) is 0.281. The first-order valence-corrected chi connectivity index (χ1v) is 13.2. The Morgan fingerprint density at radius 3 is 2.69 bits per heavy atom. The number of ether oxygens (including phenoxy) is 1. The van der Waals surface area contributed by atoms with Gasteiger partial charge in [-0.2, -0.15) is 0 Å². The molecular formula is C32H37N3O4. The number of rotatable bonds is 11. The average Bonchev–Trinajstić information content (AvgIpc) is 3.19. The molecule has 0 bridgehead atoms. The summed E-state index contributed by atoms with van der Waals surface area (Å²) >= 11 is 0. The Kier molecular flexibility index (Phi) is 11.3. The van der Waals surface area contributed by atoms with Crippen molar-refractivity contribution in [1.82, 2.24) is 10.2 Å². The van der Waals surface area contributed by atoms with Crippen LogP contribution >= 0.6 is 0 Å². The summed E-state index contributed by atoms with van der Waals surface area (Å²) < 4.78 is 5.88. The molecule has 39 heavy (non-hydrogen) atoms. The molecule has 1 fully saturated rings. The van der Waals surface area contributed by atoms with Gasteiger partial charge >= 0.3 is 5.97 Å². The highest BCUT2D eigenvalue weighted by atomic mass is 16.5. The number of carboxylic acid groups (broad SMARTS) is 1. The van der Waals surface area contributed by atoms with Crippen molar-refractivity contribution in [3.05, 3.63) is 101 Å². The maximum absolute atomic E-state index is 12.3. The van der Waals surface area contributed by atoms with E-state index >= 15 is 0 Å². The summed E-state index contributed by atoms with van der Waals surface area (Å²) in [5.74, 6) is 0.421. The fourth-order valence-electron chi connectivity index (χ4n) is 4.29. The topological polar surface area (TPSA) is 91.2 Å². The number of hydrogen-bond acceptors (Lipinski definition) is 5. The van der Waals surface area contributed by atoms with Crippen molar-refractivity contribution >= 4 is 30.2 Å². The van der Waals surface area contributed by atoms with Crippen molar-refractivity contribution in [1.29, 1.82) is 0 Å². The van der Waals surface area contributed by atoms with E-state index < -0.39 is 5.97 Å². The highest BCUT2D eigenvalue weighted by molar-refractivity contribution is 5.88. The summed E-state index contributed by atoms with van der Waals surface area (Å²) in [6.07, 6.45) is 12.4. The van der Waals surface area contributed by atoms with Crippen molar-refractivity contribution in [3.63, 3.8) is 0 Å². The van der Waals surface area contributed by atoms with Gasteiger partial charge in [0.2, 0.25) is 5.91 Å². The van der Waals surface area contributed by atoms with Crippen LogP contribution < -0.4 is 20.5 Å². The molecule has 0 aromatic heterocycles. The quantitative estimate of drug-likeness (QED) is 0.426. The number of amides is 1. The van der Waals surface area contributed by atoms with E-state index in [0.29, 0.717) is 29.8 Å². The van der Waals surface area contributed by atoms with Gasteiger partial charge in [0.15, 0.2) is 0 Å². The summed E-state index contributed by atoms with van der Waals surface area (Å²) in [5.41, 5.74) is 0.628. The lowest BCUT2D eigenvalue weighted by molar-refractivity contribution is -0.119. The molecule has 1 heterocycles. The second-order valence-corrected chi connectivity index (χ2v) is 9.39. The largest absolute Gasteiger partial charge is 0.493 e. The number of benzene rings is 2. The lowest BCUT2D eigenvalue weighted by Crippen LogP contribution is -2.24. The molecule has 1 atom stereocenters. The molecule has 2 N–H and O–H groups in total. The Morgan fingerprint density at radius 1 is 1.13 bits per heavy atom. The van der Waals surface area contributed by atoms with Crippen LogP contribution in [-0.2, 0) is 4.79 Å². The molecule has 2 aromatic rings.